The zero-order chi connectivity index (χ0) is 15.4. The first-order chi connectivity index (χ1) is 9.95. The summed E-state index contributed by atoms with van der Waals surface area (Å²) in [4.78, 5) is 0. The van der Waals surface area contributed by atoms with Gasteiger partial charge < -0.3 is 10.5 Å². The molecule has 0 saturated heterocycles. The molecule has 0 bridgehead atoms. The minimum atomic E-state index is -2.85. The van der Waals surface area contributed by atoms with Gasteiger partial charge in [0.2, 0.25) is 0 Å². The highest BCUT2D eigenvalue weighted by Gasteiger charge is 2.11. The van der Waals surface area contributed by atoms with Crippen molar-refractivity contribution in [1.82, 2.24) is 0 Å². The molecule has 21 heavy (non-hydrogen) atoms. The number of hydrogen-bond acceptors (Lipinski definition) is 2. The molecule has 2 N–H and O–H groups in total. The summed E-state index contributed by atoms with van der Waals surface area (Å²) in [6, 6.07) is 10.1. The topological polar surface area (TPSA) is 35.2 Å². The number of ether oxygens (including phenoxy) is 1. The van der Waals surface area contributed by atoms with E-state index in [1.54, 1.807) is 18.2 Å². The average Bonchev–Trinajstić information content (AvgIpc) is 2.43. The van der Waals surface area contributed by atoms with Crippen LogP contribution in [0.2, 0.25) is 0 Å². The first kappa shape index (κ1) is 15.9. The van der Waals surface area contributed by atoms with Gasteiger partial charge in [0.15, 0.2) is 0 Å². The Morgan fingerprint density at radius 3 is 2.38 bits per heavy atom. The van der Waals surface area contributed by atoms with Gasteiger partial charge in [-0.3, -0.25) is 0 Å². The normalized spacial score (nSPS) is 12.5. The fourth-order valence-electron chi connectivity index (χ4n) is 1.95. The van der Waals surface area contributed by atoms with Gasteiger partial charge in [-0.2, -0.15) is 8.78 Å². The van der Waals surface area contributed by atoms with Gasteiger partial charge in [-0.25, -0.2) is 4.39 Å². The highest BCUT2D eigenvalue weighted by atomic mass is 79.9. The van der Waals surface area contributed by atoms with E-state index in [4.69, 9.17) is 5.73 Å². The van der Waals surface area contributed by atoms with Gasteiger partial charge in [-0.1, -0.05) is 28.1 Å². The lowest BCUT2D eigenvalue weighted by molar-refractivity contribution is -0.0498. The van der Waals surface area contributed by atoms with Gasteiger partial charge >= 0.3 is 6.61 Å². The van der Waals surface area contributed by atoms with E-state index in [9.17, 15) is 13.2 Å². The van der Waals surface area contributed by atoms with E-state index in [0.29, 0.717) is 6.42 Å². The Labute approximate surface area is 128 Å². The lowest BCUT2D eigenvalue weighted by Crippen LogP contribution is -2.14. The molecule has 0 aromatic heterocycles. The zero-order valence-electron chi connectivity index (χ0n) is 10.9. The lowest BCUT2D eigenvalue weighted by atomic mass is 9.99. The predicted octanol–water partition coefficient (Wildman–Crippen LogP) is 4.43. The van der Waals surface area contributed by atoms with E-state index in [-0.39, 0.29) is 17.6 Å². The molecule has 0 aliphatic carbocycles. The molecule has 2 aromatic carbocycles. The molecule has 0 saturated carbocycles. The van der Waals surface area contributed by atoms with Gasteiger partial charge in [0, 0.05) is 10.5 Å². The van der Waals surface area contributed by atoms with Crippen molar-refractivity contribution in [1.29, 1.82) is 0 Å². The quantitative estimate of drug-likeness (QED) is 0.856. The molecule has 0 spiro atoms. The largest absolute Gasteiger partial charge is 0.435 e. The van der Waals surface area contributed by atoms with Crippen LogP contribution in [-0.2, 0) is 6.42 Å². The maximum atomic E-state index is 13.2. The van der Waals surface area contributed by atoms with Crippen molar-refractivity contribution in [3.05, 3.63) is 63.9 Å². The standard InChI is InChI=1S/C15H13BrF3NO/c16-13-6-3-11(17)7-10(13)8-14(20)9-1-4-12(5-2-9)21-15(18)19/h1-7,14-15H,8,20H2. The van der Waals surface area contributed by atoms with Crippen LogP contribution in [0.25, 0.3) is 0 Å². The smallest absolute Gasteiger partial charge is 0.387 e. The minimum absolute atomic E-state index is 0.0767. The van der Waals surface area contributed by atoms with Crippen molar-refractivity contribution in [2.75, 3.05) is 0 Å². The summed E-state index contributed by atoms with van der Waals surface area (Å²) >= 11 is 3.34. The van der Waals surface area contributed by atoms with E-state index < -0.39 is 6.61 Å². The molecular formula is C15H13BrF3NO. The van der Waals surface area contributed by atoms with Crippen LogP contribution in [0.15, 0.2) is 46.9 Å². The third kappa shape index (κ3) is 4.47. The zero-order valence-corrected chi connectivity index (χ0v) is 12.5. The molecule has 0 amide bonds. The number of halogens is 4. The molecule has 112 valence electrons. The van der Waals surface area contributed by atoms with Crippen molar-refractivity contribution in [3.63, 3.8) is 0 Å². The number of alkyl halides is 2. The van der Waals surface area contributed by atoms with Gasteiger partial charge in [0.1, 0.15) is 11.6 Å². The molecule has 2 aromatic rings. The summed E-state index contributed by atoms with van der Waals surface area (Å²) in [5, 5.41) is 0. The first-order valence-electron chi connectivity index (χ1n) is 6.20. The van der Waals surface area contributed by atoms with Crippen molar-refractivity contribution in [2.45, 2.75) is 19.1 Å². The van der Waals surface area contributed by atoms with Crippen LogP contribution in [0.3, 0.4) is 0 Å². The van der Waals surface area contributed by atoms with E-state index in [1.165, 1.54) is 24.3 Å². The van der Waals surface area contributed by atoms with Crippen LogP contribution in [0.4, 0.5) is 13.2 Å². The van der Waals surface area contributed by atoms with Gasteiger partial charge in [0.25, 0.3) is 0 Å². The third-order valence-electron chi connectivity index (χ3n) is 2.98. The first-order valence-corrected chi connectivity index (χ1v) is 6.99. The van der Waals surface area contributed by atoms with E-state index in [1.807, 2.05) is 0 Å². The van der Waals surface area contributed by atoms with Crippen molar-refractivity contribution in [2.24, 2.45) is 5.73 Å². The van der Waals surface area contributed by atoms with E-state index >= 15 is 0 Å². The molecule has 0 fully saturated rings. The number of nitrogens with two attached hydrogens (primary N) is 1. The second kappa shape index (κ2) is 6.95. The molecule has 2 nitrogen and oxygen atoms in total. The maximum Gasteiger partial charge on any atom is 0.387 e. The predicted molar refractivity (Wildman–Crippen MR) is 77.8 cm³/mol. The molecule has 1 atom stereocenters. The molecule has 0 radical (unpaired) electrons. The summed E-state index contributed by atoms with van der Waals surface area (Å²) in [6.07, 6.45) is 0.424. The Bertz CT molecular complexity index is 604. The Kier molecular flexibility index (Phi) is 5.25. The number of hydrogen-bond donors (Lipinski definition) is 1. The summed E-state index contributed by atoms with van der Waals surface area (Å²) in [6.45, 7) is -2.85. The number of rotatable bonds is 5. The average molecular weight is 360 g/mol. The van der Waals surface area contributed by atoms with Crippen LogP contribution >= 0.6 is 15.9 Å². The number of benzene rings is 2. The summed E-state index contributed by atoms with van der Waals surface area (Å²) < 4.78 is 42.4. The summed E-state index contributed by atoms with van der Waals surface area (Å²) in [5.41, 5.74) is 7.57. The SMILES string of the molecule is NC(Cc1cc(F)ccc1Br)c1ccc(OC(F)F)cc1. The van der Waals surface area contributed by atoms with Crippen molar-refractivity contribution in [3.8, 4) is 5.75 Å². The summed E-state index contributed by atoms with van der Waals surface area (Å²) in [5.74, 6) is -0.256. The molecule has 1 unspecified atom stereocenters. The molecule has 6 heteroatoms. The minimum Gasteiger partial charge on any atom is -0.435 e. The van der Waals surface area contributed by atoms with Crippen LogP contribution < -0.4 is 10.5 Å². The fraction of sp³-hybridized carbons (Fsp3) is 0.200. The van der Waals surface area contributed by atoms with E-state index in [0.717, 1.165) is 15.6 Å². The van der Waals surface area contributed by atoms with Gasteiger partial charge in [-0.15, -0.1) is 0 Å². The van der Waals surface area contributed by atoms with Gasteiger partial charge in [0.05, 0.1) is 0 Å². The molecule has 0 aliphatic heterocycles. The third-order valence-corrected chi connectivity index (χ3v) is 3.75. The van der Waals surface area contributed by atoms with Crippen LogP contribution in [0, 0.1) is 5.82 Å². The maximum absolute atomic E-state index is 13.2. The fourth-order valence-corrected chi connectivity index (χ4v) is 2.36. The lowest BCUT2D eigenvalue weighted by Gasteiger charge is -2.14. The molecular weight excluding hydrogens is 347 g/mol. The highest BCUT2D eigenvalue weighted by molar-refractivity contribution is 9.10. The van der Waals surface area contributed by atoms with Gasteiger partial charge in [-0.05, 0) is 47.9 Å². The molecule has 0 aliphatic rings. The second-order valence-corrected chi connectivity index (χ2v) is 5.35. The molecule has 0 heterocycles. The highest BCUT2D eigenvalue weighted by Crippen LogP contribution is 2.25. The monoisotopic (exact) mass is 359 g/mol. The summed E-state index contributed by atoms with van der Waals surface area (Å²) in [7, 11) is 0. The van der Waals surface area contributed by atoms with E-state index in [2.05, 4.69) is 20.7 Å². The molecule has 2 rings (SSSR count). The second-order valence-electron chi connectivity index (χ2n) is 4.49. The van der Waals surface area contributed by atoms with Crippen LogP contribution in [0.1, 0.15) is 17.2 Å². The Morgan fingerprint density at radius 2 is 1.76 bits per heavy atom. The van der Waals surface area contributed by atoms with Crippen molar-refractivity contribution < 1.29 is 17.9 Å². The van der Waals surface area contributed by atoms with Crippen LogP contribution in [0.5, 0.6) is 5.75 Å². The van der Waals surface area contributed by atoms with Crippen LogP contribution in [-0.4, -0.2) is 6.61 Å². The Balaban J connectivity index is 2.09. The Morgan fingerprint density at radius 1 is 1.10 bits per heavy atom. The Hall–Kier alpha value is -1.53. The van der Waals surface area contributed by atoms with Crippen molar-refractivity contribution >= 4 is 15.9 Å².